The number of guanidine groups is 1. The van der Waals surface area contributed by atoms with Gasteiger partial charge in [0.15, 0.2) is 0 Å². The Bertz CT molecular complexity index is 1820. The summed E-state index contributed by atoms with van der Waals surface area (Å²) in [5.74, 6) is -1.14. The van der Waals surface area contributed by atoms with Gasteiger partial charge in [0, 0.05) is 70.8 Å². The van der Waals surface area contributed by atoms with Crippen LogP contribution < -0.4 is 10.6 Å². The van der Waals surface area contributed by atoms with Gasteiger partial charge in [-0.1, -0.05) is 40.8 Å². The van der Waals surface area contributed by atoms with Gasteiger partial charge in [0.2, 0.25) is 11.9 Å². The number of fused-ring (bicyclic) bond motifs is 3. The highest BCUT2D eigenvalue weighted by Gasteiger charge is 2.28. The Kier molecular flexibility index (Phi) is 9.09. The molecule has 1 fully saturated rings. The standard InChI is InChI=1S/C34H33F2IN8O/c1-19-17-45(18-20(2)41-19)33(38)44(3)32(46)22-8-10-24(11-9-22)42-34-40-16-23-15-39-31(29-27(35)5-4-6-28(29)36)26-13-21(14-37)7-12-25(26)30(23)43-34/h4-13,16,19-20,38,41H,14-15,17-18H2,1-3H3,(H,40,42,43). The molecule has 0 spiro atoms. The number of halogens is 3. The van der Waals surface area contributed by atoms with Gasteiger partial charge in [-0.3, -0.25) is 20.1 Å². The fourth-order valence-electron chi connectivity index (χ4n) is 5.91. The molecule has 0 bridgehead atoms. The van der Waals surface area contributed by atoms with E-state index in [1.165, 1.54) is 23.1 Å². The first-order chi connectivity index (χ1) is 22.1. The molecule has 0 saturated carbocycles. The van der Waals surface area contributed by atoms with Crippen molar-refractivity contribution in [3.8, 4) is 11.3 Å². The molecule has 6 rings (SSSR count). The van der Waals surface area contributed by atoms with Gasteiger partial charge in [0.1, 0.15) is 11.6 Å². The molecule has 12 heteroatoms. The number of anilines is 2. The maximum absolute atomic E-state index is 15.0. The second-order valence-electron chi connectivity index (χ2n) is 11.6. The van der Waals surface area contributed by atoms with E-state index in [0.717, 1.165) is 11.1 Å². The van der Waals surface area contributed by atoms with Crippen LogP contribution in [0.4, 0.5) is 20.4 Å². The minimum Gasteiger partial charge on any atom is -0.340 e. The summed E-state index contributed by atoms with van der Waals surface area (Å²) in [7, 11) is 1.62. The molecule has 3 N–H and O–H groups in total. The molecule has 0 radical (unpaired) electrons. The Hall–Kier alpha value is -4.30. The van der Waals surface area contributed by atoms with E-state index < -0.39 is 11.6 Å². The maximum atomic E-state index is 15.0. The molecule has 2 unspecified atom stereocenters. The van der Waals surface area contributed by atoms with Crippen LogP contribution in [-0.2, 0) is 11.0 Å². The number of benzene rings is 3. The number of carbonyl (C=O) groups is 1. The van der Waals surface area contributed by atoms with Crippen LogP contribution in [0.3, 0.4) is 0 Å². The highest BCUT2D eigenvalue weighted by molar-refractivity contribution is 14.1. The first-order valence-corrected chi connectivity index (χ1v) is 16.4. The Balaban J connectivity index is 1.24. The minimum absolute atomic E-state index is 0.151. The predicted octanol–water partition coefficient (Wildman–Crippen LogP) is 6.14. The molecule has 0 aliphatic carbocycles. The third-order valence-electron chi connectivity index (χ3n) is 8.09. The van der Waals surface area contributed by atoms with Crippen molar-refractivity contribution in [2.24, 2.45) is 4.99 Å². The van der Waals surface area contributed by atoms with Crippen molar-refractivity contribution in [1.29, 1.82) is 5.41 Å². The molecular weight excluding hydrogens is 701 g/mol. The van der Waals surface area contributed by atoms with Gasteiger partial charge in [-0.05, 0) is 61.9 Å². The van der Waals surface area contributed by atoms with Crippen LogP contribution in [0.5, 0.6) is 0 Å². The van der Waals surface area contributed by atoms with Crippen molar-refractivity contribution in [2.45, 2.75) is 36.9 Å². The number of piperazine rings is 1. The van der Waals surface area contributed by atoms with E-state index in [2.05, 4.69) is 57.0 Å². The summed E-state index contributed by atoms with van der Waals surface area (Å²) >= 11 is 2.25. The monoisotopic (exact) mass is 734 g/mol. The Labute approximate surface area is 279 Å². The number of hydrogen-bond donors (Lipinski definition) is 3. The van der Waals surface area contributed by atoms with Crippen molar-refractivity contribution in [3.63, 3.8) is 0 Å². The van der Waals surface area contributed by atoms with Gasteiger partial charge in [-0.2, -0.15) is 0 Å². The lowest BCUT2D eigenvalue weighted by Gasteiger charge is -2.39. The Morgan fingerprint density at radius 1 is 1.07 bits per heavy atom. The number of nitrogens with one attached hydrogen (secondary N) is 3. The van der Waals surface area contributed by atoms with E-state index >= 15 is 0 Å². The summed E-state index contributed by atoms with van der Waals surface area (Å²) in [5.41, 5.74) is 4.82. The first kappa shape index (κ1) is 31.7. The second kappa shape index (κ2) is 13.2. The van der Waals surface area contributed by atoms with E-state index in [4.69, 9.17) is 10.4 Å². The SMILES string of the molecule is CC1CN(C(=N)N(C)C(=O)c2ccc(Nc3ncc4c(n3)-c3ccc(CI)cc3C(c3c(F)cccc3F)=NC4)cc2)CC(C)N1. The molecule has 3 heterocycles. The fraction of sp³-hybridized carbons (Fsp3) is 0.265. The van der Waals surface area contributed by atoms with Gasteiger partial charge in [-0.15, -0.1) is 0 Å². The molecule has 236 valence electrons. The number of rotatable bonds is 5. The zero-order valence-corrected chi connectivity index (χ0v) is 27.8. The normalized spacial score (nSPS) is 17.3. The zero-order valence-electron chi connectivity index (χ0n) is 25.6. The molecule has 2 aliphatic rings. The molecule has 46 heavy (non-hydrogen) atoms. The van der Waals surface area contributed by atoms with E-state index in [9.17, 15) is 13.6 Å². The average Bonchev–Trinajstić information content (AvgIpc) is 3.20. The third-order valence-corrected chi connectivity index (χ3v) is 8.97. The van der Waals surface area contributed by atoms with Crippen molar-refractivity contribution in [2.75, 3.05) is 25.5 Å². The van der Waals surface area contributed by atoms with E-state index in [1.807, 2.05) is 23.1 Å². The smallest absolute Gasteiger partial charge is 0.260 e. The molecule has 2 aliphatic heterocycles. The van der Waals surface area contributed by atoms with Crippen LogP contribution in [-0.4, -0.2) is 69.6 Å². The summed E-state index contributed by atoms with van der Waals surface area (Å²) in [6, 6.07) is 17.0. The fourth-order valence-corrected chi connectivity index (χ4v) is 6.38. The number of nitrogens with zero attached hydrogens (tertiary/aromatic N) is 5. The Morgan fingerprint density at radius 2 is 1.76 bits per heavy atom. The van der Waals surface area contributed by atoms with Crippen LogP contribution in [0.2, 0.25) is 0 Å². The van der Waals surface area contributed by atoms with E-state index in [-0.39, 0.29) is 41.8 Å². The molecule has 4 aromatic rings. The van der Waals surface area contributed by atoms with Gasteiger partial charge >= 0.3 is 0 Å². The largest absolute Gasteiger partial charge is 0.340 e. The van der Waals surface area contributed by atoms with Crippen LogP contribution in [0, 0.1) is 17.0 Å². The van der Waals surface area contributed by atoms with Crippen LogP contribution in [0.25, 0.3) is 11.3 Å². The number of aromatic nitrogens is 2. The van der Waals surface area contributed by atoms with Crippen LogP contribution in [0.15, 0.2) is 71.9 Å². The summed E-state index contributed by atoms with van der Waals surface area (Å²) in [6.45, 7) is 5.59. The van der Waals surface area contributed by atoms with Gasteiger partial charge in [-0.25, -0.2) is 18.7 Å². The minimum atomic E-state index is -0.679. The quantitative estimate of drug-likeness (QED) is 0.0985. The summed E-state index contributed by atoms with van der Waals surface area (Å²) < 4.78 is 30.6. The van der Waals surface area contributed by atoms with Crippen molar-refractivity contribution in [1.82, 2.24) is 25.1 Å². The van der Waals surface area contributed by atoms with Crippen molar-refractivity contribution < 1.29 is 13.6 Å². The third kappa shape index (κ3) is 6.36. The molecule has 3 aromatic carbocycles. The number of carbonyl (C=O) groups excluding carboxylic acids is 1. The molecule has 2 atom stereocenters. The van der Waals surface area contributed by atoms with Crippen LogP contribution >= 0.6 is 22.6 Å². The molecule has 1 aromatic heterocycles. The molecule has 1 saturated heterocycles. The lowest BCUT2D eigenvalue weighted by atomic mass is 9.93. The van der Waals surface area contributed by atoms with Gasteiger partial charge in [0.05, 0.1) is 23.5 Å². The highest BCUT2D eigenvalue weighted by atomic mass is 127. The van der Waals surface area contributed by atoms with Crippen molar-refractivity contribution in [3.05, 3.63) is 106 Å². The van der Waals surface area contributed by atoms with Gasteiger partial charge in [0.25, 0.3) is 5.91 Å². The lowest BCUT2D eigenvalue weighted by molar-refractivity contribution is 0.0848. The van der Waals surface area contributed by atoms with E-state index in [1.54, 1.807) is 37.5 Å². The summed E-state index contributed by atoms with van der Waals surface area (Å²) in [5, 5.41) is 15.3. The zero-order chi connectivity index (χ0) is 32.5. The van der Waals surface area contributed by atoms with Crippen LogP contribution in [0.1, 0.15) is 46.5 Å². The summed E-state index contributed by atoms with van der Waals surface area (Å²) in [4.78, 5) is 30.5. The number of aliphatic imine (C=N–C) groups is 1. The maximum Gasteiger partial charge on any atom is 0.260 e. The average molecular weight is 735 g/mol. The van der Waals surface area contributed by atoms with Gasteiger partial charge < -0.3 is 15.5 Å². The van der Waals surface area contributed by atoms with E-state index in [0.29, 0.717) is 51.5 Å². The second-order valence-corrected chi connectivity index (χ2v) is 12.4. The number of alkyl halides is 1. The first-order valence-electron chi connectivity index (χ1n) is 14.9. The molecule has 1 amide bonds. The predicted molar refractivity (Wildman–Crippen MR) is 184 cm³/mol. The highest BCUT2D eigenvalue weighted by Crippen LogP contribution is 2.34. The van der Waals surface area contributed by atoms with Crippen molar-refractivity contribution >= 4 is 51.8 Å². The Morgan fingerprint density at radius 3 is 2.43 bits per heavy atom. The molecular formula is C34H33F2IN8O. The summed E-state index contributed by atoms with van der Waals surface area (Å²) in [6.07, 6.45) is 1.67. The number of amides is 1. The lowest BCUT2D eigenvalue weighted by Crippen LogP contribution is -2.58. The topological polar surface area (TPSA) is 110 Å². The number of hydrogen-bond acceptors (Lipinski definition) is 7. The molecule has 9 nitrogen and oxygen atoms in total.